The minimum Gasteiger partial charge on any atom is -0.351 e. The molecule has 1 heterocycles. The minimum atomic E-state index is -0.0288. The van der Waals surface area contributed by atoms with Gasteiger partial charge in [-0.1, -0.05) is 36.9 Å². The highest BCUT2D eigenvalue weighted by Gasteiger charge is 2.23. The van der Waals surface area contributed by atoms with E-state index in [2.05, 4.69) is 6.58 Å². The average molecular weight is 189 g/mol. The fourth-order valence-electron chi connectivity index (χ4n) is 1.39. The van der Waals surface area contributed by atoms with Crippen LogP contribution in [0.4, 0.5) is 0 Å². The first-order chi connectivity index (χ1) is 6.79. The minimum absolute atomic E-state index is 0.0288. The van der Waals surface area contributed by atoms with Gasteiger partial charge < -0.3 is 4.74 Å². The number of rotatable bonds is 2. The topological polar surface area (TPSA) is 29.5 Å². The molecule has 1 aliphatic rings. The summed E-state index contributed by atoms with van der Waals surface area (Å²) >= 11 is 0. The lowest BCUT2D eigenvalue weighted by Gasteiger charge is -2.16. The van der Waals surface area contributed by atoms with Gasteiger partial charge in [-0.25, -0.2) is 0 Å². The van der Waals surface area contributed by atoms with E-state index in [9.17, 15) is 4.79 Å². The van der Waals surface area contributed by atoms with E-state index in [4.69, 9.17) is 4.74 Å². The molecule has 0 atom stereocenters. The van der Waals surface area contributed by atoms with Crippen LogP contribution in [0.3, 0.4) is 0 Å². The zero-order chi connectivity index (χ0) is 9.97. The van der Waals surface area contributed by atoms with Crippen molar-refractivity contribution in [2.24, 2.45) is 0 Å². The van der Waals surface area contributed by atoms with Crippen LogP contribution >= 0.6 is 0 Å². The van der Waals surface area contributed by atoms with Crippen LogP contribution in [0.1, 0.15) is 5.56 Å². The highest BCUT2D eigenvalue weighted by Crippen LogP contribution is 2.19. The lowest BCUT2D eigenvalue weighted by molar-refractivity contribution is -0.124. The summed E-state index contributed by atoms with van der Waals surface area (Å²) in [6.07, 6.45) is 0. The molecule has 1 aromatic carbocycles. The molecule has 72 valence electrons. The molecular weight excluding hydrogens is 178 g/mol. The molecule has 1 amide bonds. The van der Waals surface area contributed by atoms with Crippen molar-refractivity contribution in [3.05, 3.63) is 42.5 Å². The summed E-state index contributed by atoms with van der Waals surface area (Å²) in [4.78, 5) is 12.9. The van der Waals surface area contributed by atoms with Gasteiger partial charge in [0.2, 0.25) is 0 Å². The van der Waals surface area contributed by atoms with Gasteiger partial charge in [0.05, 0.1) is 0 Å². The summed E-state index contributed by atoms with van der Waals surface area (Å²) in [5, 5.41) is 0. The van der Waals surface area contributed by atoms with E-state index in [0.717, 1.165) is 5.56 Å². The van der Waals surface area contributed by atoms with E-state index in [0.29, 0.717) is 12.4 Å². The lowest BCUT2D eigenvalue weighted by Crippen LogP contribution is -2.23. The monoisotopic (exact) mass is 189 g/mol. The third-order valence-electron chi connectivity index (χ3n) is 2.18. The van der Waals surface area contributed by atoms with Crippen LogP contribution in [0.2, 0.25) is 0 Å². The first kappa shape index (κ1) is 8.97. The van der Waals surface area contributed by atoms with Gasteiger partial charge in [-0.05, 0) is 5.56 Å². The quantitative estimate of drug-likeness (QED) is 0.705. The zero-order valence-corrected chi connectivity index (χ0v) is 7.77. The predicted octanol–water partition coefficient (Wildman–Crippen LogP) is 1.47. The molecule has 0 radical (unpaired) electrons. The molecule has 1 saturated heterocycles. The van der Waals surface area contributed by atoms with Crippen LogP contribution in [-0.4, -0.2) is 24.1 Å². The third-order valence-corrected chi connectivity index (χ3v) is 2.18. The van der Waals surface area contributed by atoms with Crippen molar-refractivity contribution in [3.8, 4) is 0 Å². The van der Waals surface area contributed by atoms with Gasteiger partial charge in [-0.2, -0.15) is 0 Å². The Labute approximate surface area is 82.6 Å². The van der Waals surface area contributed by atoms with Crippen molar-refractivity contribution < 1.29 is 9.53 Å². The van der Waals surface area contributed by atoms with E-state index >= 15 is 0 Å². The normalized spacial score (nSPS) is 16.0. The smallest absolute Gasteiger partial charge is 0.254 e. The third kappa shape index (κ3) is 1.54. The summed E-state index contributed by atoms with van der Waals surface area (Å²) in [5.74, 6) is -0.0288. The summed E-state index contributed by atoms with van der Waals surface area (Å²) in [6.45, 7) is 4.35. The Morgan fingerprint density at radius 2 is 2.07 bits per heavy atom. The largest absolute Gasteiger partial charge is 0.351 e. The van der Waals surface area contributed by atoms with Crippen molar-refractivity contribution in [1.82, 2.24) is 4.90 Å². The fourth-order valence-corrected chi connectivity index (χ4v) is 1.39. The Morgan fingerprint density at radius 1 is 1.36 bits per heavy atom. The molecule has 14 heavy (non-hydrogen) atoms. The summed E-state index contributed by atoms with van der Waals surface area (Å²) < 4.78 is 5.03. The molecule has 0 aromatic heterocycles. The van der Waals surface area contributed by atoms with Crippen LogP contribution in [0.5, 0.6) is 0 Å². The number of carbonyl (C=O) groups is 1. The van der Waals surface area contributed by atoms with Gasteiger partial charge in [-0.15, -0.1) is 0 Å². The van der Waals surface area contributed by atoms with E-state index < -0.39 is 0 Å². The Hall–Kier alpha value is -1.61. The molecule has 3 nitrogen and oxygen atoms in total. The number of amides is 1. The van der Waals surface area contributed by atoms with Crippen molar-refractivity contribution in [3.63, 3.8) is 0 Å². The standard InChI is InChI=1S/C11H11NO2/c1-9(10-5-3-2-4-6-10)12-8-14-7-11(12)13/h2-6H,1,7-8H2. The molecule has 1 aliphatic heterocycles. The molecular formula is C11H11NO2. The molecule has 1 fully saturated rings. The van der Waals surface area contributed by atoms with E-state index in [1.54, 1.807) is 4.90 Å². The highest BCUT2D eigenvalue weighted by molar-refractivity contribution is 5.88. The van der Waals surface area contributed by atoms with Crippen molar-refractivity contribution >= 4 is 11.6 Å². The van der Waals surface area contributed by atoms with E-state index in [1.807, 2.05) is 30.3 Å². The van der Waals surface area contributed by atoms with E-state index in [-0.39, 0.29) is 12.5 Å². The van der Waals surface area contributed by atoms with Crippen LogP contribution < -0.4 is 0 Å². The molecule has 2 rings (SSSR count). The number of ether oxygens (including phenoxy) is 1. The zero-order valence-electron chi connectivity index (χ0n) is 7.77. The van der Waals surface area contributed by atoms with Gasteiger partial charge >= 0.3 is 0 Å². The van der Waals surface area contributed by atoms with Crippen LogP contribution in [0.15, 0.2) is 36.9 Å². The number of nitrogens with zero attached hydrogens (tertiary/aromatic N) is 1. The number of hydrogen-bond acceptors (Lipinski definition) is 2. The molecule has 0 unspecified atom stereocenters. The Morgan fingerprint density at radius 3 is 2.64 bits per heavy atom. The van der Waals surface area contributed by atoms with Gasteiger partial charge in [0.25, 0.3) is 5.91 Å². The molecule has 3 heteroatoms. The number of hydrogen-bond donors (Lipinski definition) is 0. The van der Waals surface area contributed by atoms with E-state index in [1.165, 1.54) is 0 Å². The van der Waals surface area contributed by atoms with Gasteiger partial charge in [0, 0.05) is 5.70 Å². The second-order valence-corrected chi connectivity index (χ2v) is 3.11. The summed E-state index contributed by atoms with van der Waals surface area (Å²) in [5.41, 5.74) is 1.65. The first-order valence-electron chi connectivity index (χ1n) is 4.41. The van der Waals surface area contributed by atoms with Gasteiger partial charge in [0.15, 0.2) is 0 Å². The second kappa shape index (κ2) is 3.64. The van der Waals surface area contributed by atoms with Crippen LogP contribution in [-0.2, 0) is 9.53 Å². The Bertz CT molecular complexity index is 359. The molecule has 0 bridgehead atoms. The van der Waals surface area contributed by atoms with Gasteiger partial charge in [0.1, 0.15) is 13.3 Å². The lowest BCUT2D eigenvalue weighted by atomic mass is 10.1. The average Bonchev–Trinajstić information content (AvgIpc) is 2.65. The molecule has 0 saturated carbocycles. The van der Waals surface area contributed by atoms with Crippen molar-refractivity contribution in [2.75, 3.05) is 13.3 Å². The molecule has 0 spiro atoms. The molecule has 0 aliphatic carbocycles. The van der Waals surface area contributed by atoms with Crippen LogP contribution in [0.25, 0.3) is 5.70 Å². The van der Waals surface area contributed by atoms with Crippen molar-refractivity contribution in [1.29, 1.82) is 0 Å². The first-order valence-corrected chi connectivity index (χ1v) is 4.41. The number of carbonyl (C=O) groups excluding carboxylic acids is 1. The SMILES string of the molecule is C=C(c1ccccc1)N1COCC1=O. The highest BCUT2D eigenvalue weighted by atomic mass is 16.5. The van der Waals surface area contributed by atoms with Gasteiger partial charge in [-0.3, -0.25) is 9.69 Å². The Kier molecular flexibility index (Phi) is 2.33. The maximum Gasteiger partial charge on any atom is 0.254 e. The maximum absolute atomic E-state index is 11.3. The Balaban J connectivity index is 2.20. The predicted molar refractivity (Wildman–Crippen MR) is 53.1 cm³/mol. The summed E-state index contributed by atoms with van der Waals surface area (Å²) in [7, 11) is 0. The number of benzene rings is 1. The molecule has 0 N–H and O–H groups in total. The second-order valence-electron chi connectivity index (χ2n) is 3.11. The maximum atomic E-state index is 11.3. The summed E-state index contributed by atoms with van der Waals surface area (Å²) in [6, 6.07) is 9.62. The van der Waals surface area contributed by atoms with Crippen LogP contribution in [0, 0.1) is 0 Å². The van der Waals surface area contributed by atoms with Crippen molar-refractivity contribution in [2.45, 2.75) is 0 Å². The molecule has 1 aromatic rings. The fraction of sp³-hybridized carbons (Fsp3) is 0.182.